The van der Waals surface area contributed by atoms with E-state index >= 15 is 0 Å². The summed E-state index contributed by atoms with van der Waals surface area (Å²) in [7, 11) is 6.34. The second kappa shape index (κ2) is 5.64. The average Bonchev–Trinajstić information content (AvgIpc) is 2.29. The van der Waals surface area contributed by atoms with Crippen LogP contribution in [0.2, 0.25) is 0 Å². The van der Waals surface area contributed by atoms with Gasteiger partial charge < -0.3 is 10.2 Å². The zero-order chi connectivity index (χ0) is 14.0. The predicted molar refractivity (Wildman–Crippen MR) is 82.6 cm³/mol. The first-order chi connectivity index (χ1) is 8.96. The Hall–Kier alpha value is -0.860. The fourth-order valence-corrected chi connectivity index (χ4v) is 2.89. The Morgan fingerprint density at radius 1 is 1.16 bits per heavy atom. The molecule has 1 aliphatic rings. The minimum absolute atomic E-state index is 0.0900. The van der Waals surface area contributed by atoms with Crippen molar-refractivity contribution in [3.05, 3.63) is 35.4 Å². The van der Waals surface area contributed by atoms with E-state index < -0.39 is 0 Å². The van der Waals surface area contributed by atoms with E-state index in [1.165, 1.54) is 30.4 Å². The van der Waals surface area contributed by atoms with Crippen molar-refractivity contribution >= 4 is 0 Å². The Labute approximate surface area is 118 Å². The van der Waals surface area contributed by atoms with Crippen LogP contribution in [0, 0.1) is 0 Å². The molecule has 0 heterocycles. The first-order valence-electron chi connectivity index (χ1n) is 7.41. The van der Waals surface area contributed by atoms with Crippen molar-refractivity contribution in [3.8, 4) is 0 Å². The van der Waals surface area contributed by atoms with Crippen LogP contribution in [0.3, 0.4) is 0 Å². The molecule has 0 spiro atoms. The third kappa shape index (κ3) is 2.85. The molecule has 19 heavy (non-hydrogen) atoms. The molecular formula is C17H28N2. The van der Waals surface area contributed by atoms with Crippen molar-refractivity contribution in [3.63, 3.8) is 0 Å². The van der Waals surface area contributed by atoms with Crippen LogP contribution in [0.1, 0.15) is 56.2 Å². The molecule has 1 fully saturated rings. The highest BCUT2D eigenvalue weighted by atomic mass is 15.2. The van der Waals surface area contributed by atoms with Crippen LogP contribution in [0.15, 0.2) is 24.3 Å². The molecule has 0 aliphatic heterocycles. The van der Waals surface area contributed by atoms with Gasteiger partial charge >= 0.3 is 0 Å². The Morgan fingerprint density at radius 2 is 1.74 bits per heavy atom. The van der Waals surface area contributed by atoms with E-state index in [1.54, 1.807) is 0 Å². The number of benzene rings is 1. The fraction of sp³-hybridized carbons (Fsp3) is 0.647. The lowest BCUT2D eigenvalue weighted by atomic mass is 9.79. The van der Waals surface area contributed by atoms with Gasteiger partial charge in [-0.25, -0.2) is 0 Å². The highest BCUT2D eigenvalue weighted by molar-refractivity contribution is 5.30. The van der Waals surface area contributed by atoms with E-state index in [9.17, 15) is 0 Å². The number of hydrogen-bond acceptors (Lipinski definition) is 2. The number of nitrogens with zero attached hydrogens (tertiary/aromatic N) is 1. The van der Waals surface area contributed by atoms with Crippen LogP contribution >= 0.6 is 0 Å². The Balaban J connectivity index is 2.19. The molecule has 0 radical (unpaired) electrons. The van der Waals surface area contributed by atoms with Gasteiger partial charge in [-0.05, 0) is 64.9 Å². The van der Waals surface area contributed by atoms with Crippen molar-refractivity contribution < 1.29 is 0 Å². The van der Waals surface area contributed by atoms with Crippen LogP contribution in [0.25, 0.3) is 0 Å². The number of nitrogens with one attached hydrogen (secondary N) is 1. The van der Waals surface area contributed by atoms with Crippen LogP contribution in [0.5, 0.6) is 0 Å². The van der Waals surface area contributed by atoms with Crippen LogP contribution in [0.4, 0.5) is 0 Å². The van der Waals surface area contributed by atoms with Crippen LogP contribution in [-0.2, 0) is 0 Å². The molecule has 2 rings (SSSR count). The van der Waals surface area contributed by atoms with Gasteiger partial charge in [-0.3, -0.25) is 0 Å². The summed E-state index contributed by atoms with van der Waals surface area (Å²) in [6, 6.07) is 9.61. The second-order valence-corrected chi connectivity index (χ2v) is 6.56. The number of likely N-dealkylation sites (N-methyl/N-ethyl adjacent to an activating group) is 2. The first-order valence-corrected chi connectivity index (χ1v) is 7.41. The normalized spacial score (nSPS) is 18.4. The van der Waals surface area contributed by atoms with E-state index in [4.69, 9.17) is 0 Å². The molecular weight excluding hydrogens is 232 g/mol. The maximum atomic E-state index is 3.47. The molecule has 2 nitrogen and oxygen atoms in total. The fourth-order valence-electron chi connectivity index (χ4n) is 2.89. The molecule has 1 aliphatic carbocycles. The van der Waals surface area contributed by atoms with Crippen molar-refractivity contribution in [1.29, 1.82) is 0 Å². The number of hydrogen-bond donors (Lipinski definition) is 1. The quantitative estimate of drug-likeness (QED) is 0.871. The summed E-state index contributed by atoms with van der Waals surface area (Å²) in [6.45, 7) is 4.57. The number of rotatable bonds is 5. The summed E-state index contributed by atoms with van der Waals surface area (Å²) in [5, 5.41) is 3.47. The zero-order valence-electron chi connectivity index (χ0n) is 13.0. The second-order valence-electron chi connectivity index (χ2n) is 6.56. The van der Waals surface area contributed by atoms with Gasteiger partial charge in [0.1, 0.15) is 0 Å². The van der Waals surface area contributed by atoms with Gasteiger partial charge in [0.15, 0.2) is 0 Å². The lowest BCUT2D eigenvalue weighted by molar-refractivity contribution is 0.142. The highest BCUT2D eigenvalue weighted by Gasteiger charge is 2.31. The van der Waals surface area contributed by atoms with Gasteiger partial charge in [0.25, 0.3) is 0 Å². The maximum Gasteiger partial charge on any atom is 0.0499 e. The summed E-state index contributed by atoms with van der Waals surface area (Å²) in [5.74, 6) is 0.823. The average molecular weight is 260 g/mol. The summed E-state index contributed by atoms with van der Waals surface area (Å²) in [6.07, 6.45) is 4.15. The predicted octanol–water partition coefficient (Wildman–Crippen LogP) is 3.55. The molecule has 106 valence electrons. The lowest BCUT2D eigenvalue weighted by Crippen LogP contribution is -2.48. The van der Waals surface area contributed by atoms with E-state index in [2.05, 4.69) is 69.5 Å². The highest BCUT2D eigenvalue weighted by Crippen LogP contribution is 2.37. The molecule has 0 amide bonds. The third-order valence-electron chi connectivity index (χ3n) is 4.99. The molecule has 1 saturated carbocycles. The molecule has 1 aromatic carbocycles. The Kier molecular flexibility index (Phi) is 4.32. The standard InChI is InChI=1S/C17H28N2/c1-17(2,19(4)5)16(18-3)15-11-9-14(10-12-15)13-7-6-8-13/h9-13,16,18H,6-8H2,1-5H3. The summed E-state index contributed by atoms with van der Waals surface area (Å²) >= 11 is 0. The van der Waals surface area contributed by atoms with Gasteiger partial charge in [-0.1, -0.05) is 30.7 Å². The minimum atomic E-state index is 0.0900. The summed E-state index contributed by atoms with van der Waals surface area (Å²) in [5.41, 5.74) is 2.99. The van der Waals surface area contributed by atoms with Crippen LogP contribution < -0.4 is 5.32 Å². The molecule has 1 aromatic rings. The smallest absolute Gasteiger partial charge is 0.0499 e. The third-order valence-corrected chi connectivity index (χ3v) is 4.99. The van der Waals surface area contributed by atoms with E-state index in [1.807, 2.05) is 0 Å². The largest absolute Gasteiger partial charge is 0.311 e. The topological polar surface area (TPSA) is 15.3 Å². The molecule has 1 unspecified atom stereocenters. The Morgan fingerprint density at radius 3 is 2.11 bits per heavy atom. The van der Waals surface area contributed by atoms with E-state index in [0.717, 1.165) is 5.92 Å². The SMILES string of the molecule is CNC(c1ccc(C2CCC2)cc1)C(C)(C)N(C)C. The van der Waals surface area contributed by atoms with Crippen molar-refractivity contribution in [1.82, 2.24) is 10.2 Å². The molecule has 1 N–H and O–H groups in total. The summed E-state index contributed by atoms with van der Waals surface area (Å²) < 4.78 is 0. The summed E-state index contributed by atoms with van der Waals surface area (Å²) in [4.78, 5) is 2.29. The monoisotopic (exact) mass is 260 g/mol. The van der Waals surface area contributed by atoms with Gasteiger partial charge in [0, 0.05) is 11.6 Å². The van der Waals surface area contributed by atoms with Gasteiger partial charge in [0.2, 0.25) is 0 Å². The maximum absolute atomic E-state index is 3.47. The van der Waals surface area contributed by atoms with E-state index in [-0.39, 0.29) is 5.54 Å². The van der Waals surface area contributed by atoms with Crippen molar-refractivity contribution in [2.24, 2.45) is 0 Å². The molecule has 1 atom stereocenters. The van der Waals surface area contributed by atoms with Gasteiger partial charge in [-0.15, -0.1) is 0 Å². The van der Waals surface area contributed by atoms with Crippen molar-refractivity contribution in [2.75, 3.05) is 21.1 Å². The van der Waals surface area contributed by atoms with Gasteiger partial charge in [-0.2, -0.15) is 0 Å². The van der Waals surface area contributed by atoms with Gasteiger partial charge in [0.05, 0.1) is 0 Å². The molecule has 0 aromatic heterocycles. The Bertz CT molecular complexity index is 402. The molecule has 0 bridgehead atoms. The van der Waals surface area contributed by atoms with E-state index in [0.29, 0.717) is 6.04 Å². The minimum Gasteiger partial charge on any atom is -0.311 e. The first kappa shape index (κ1) is 14.5. The van der Waals surface area contributed by atoms with Crippen molar-refractivity contribution in [2.45, 2.75) is 50.6 Å². The zero-order valence-corrected chi connectivity index (χ0v) is 13.0. The van der Waals surface area contributed by atoms with Crippen LogP contribution in [-0.4, -0.2) is 31.6 Å². The lowest BCUT2D eigenvalue weighted by Gasteiger charge is -2.40. The molecule has 2 heteroatoms. The molecule has 0 saturated heterocycles.